The smallest absolute Gasteiger partial charge is 0.339 e. The number of methoxy groups -OCH3 is 1. The molecule has 132 valence electrons. The lowest BCUT2D eigenvalue weighted by Crippen LogP contribution is -2.36. The molecule has 25 heavy (non-hydrogen) atoms. The Morgan fingerprint density at radius 1 is 1.20 bits per heavy atom. The average molecular weight is 383 g/mol. The van der Waals surface area contributed by atoms with E-state index in [1.165, 1.54) is 13.3 Å². The largest absolute Gasteiger partial charge is 0.481 e. The van der Waals surface area contributed by atoms with Crippen LogP contribution in [-0.2, 0) is 16.1 Å². The number of ether oxygens (including phenoxy) is 2. The molecular formula is C17H16Cl2N2O4. The van der Waals surface area contributed by atoms with Crippen molar-refractivity contribution in [3.63, 3.8) is 0 Å². The number of carbonyl (C=O) groups excluding carboxylic acids is 2. The lowest BCUT2D eigenvalue weighted by atomic mass is 10.2. The second-order valence-corrected chi connectivity index (χ2v) is 5.90. The standard InChI is InChI=1S/C17H16Cl2N2O4/c1-10(25-13-5-6-14(18)15(19)7-13)16(22)21-9-12-4-3-11(8-20-12)17(23)24-2/h3-8,10H,9H2,1-2H3,(H,21,22)/t10-/m0/s1. The maximum absolute atomic E-state index is 12.1. The number of nitrogens with one attached hydrogen (secondary N) is 1. The van der Waals surface area contributed by atoms with E-state index in [4.69, 9.17) is 27.9 Å². The highest BCUT2D eigenvalue weighted by molar-refractivity contribution is 6.42. The quantitative estimate of drug-likeness (QED) is 0.775. The van der Waals surface area contributed by atoms with Crippen molar-refractivity contribution in [3.8, 4) is 5.75 Å². The second-order valence-electron chi connectivity index (χ2n) is 5.08. The fourth-order valence-corrected chi connectivity index (χ4v) is 2.18. The second kappa shape index (κ2) is 8.69. The van der Waals surface area contributed by atoms with Crippen molar-refractivity contribution < 1.29 is 19.1 Å². The first kappa shape index (κ1) is 19.0. The van der Waals surface area contributed by atoms with Crippen LogP contribution in [0.15, 0.2) is 36.5 Å². The highest BCUT2D eigenvalue weighted by Gasteiger charge is 2.15. The van der Waals surface area contributed by atoms with Crippen LogP contribution in [0.2, 0.25) is 10.0 Å². The molecule has 0 saturated carbocycles. The predicted octanol–water partition coefficient (Wildman–Crippen LogP) is 3.26. The zero-order valence-electron chi connectivity index (χ0n) is 13.6. The van der Waals surface area contributed by atoms with Crippen LogP contribution >= 0.6 is 23.2 Å². The van der Waals surface area contributed by atoms with Crippen LogP contribution in [0, 0.1) is 0 Å². The minimum absolute atomic E-state index is 0.204. The maximum Gasteiger partial charge on any atom is 0.339 e. The van der Waals surface area contributed by atoms with Crippen molar-refractivity contribution in [1.29, 1.82) is 0 Å². The molecule has 1 heterocycles. The molecule has 1 N–H and O–H groups in total. The van der Waals surface area contributed by atoms with Gasteiger partial charge in [-0.2, -0.15) is 0 Å². The van der Waals surface area contributed by atoms with Gasteiger partial charge >= 0.3 is 5.97 Å². The summed E-state index contributed by atoms with van der Waals surface area (Å²) in [5, 5.41) is 3.46. The van der Waals surface area contributed by atoms with E-state index >= 15 is 0 Å². The Morgan fingerprint density at radius 3 is 2.56 bits per heavy atom. The molecule has 0 spiro atoms. The summed E-state index contributed by atoms with van der Waals surface area (Å²) in [6.07, 6.45) is 0.662. The molecule has 0 saturated heterocycles. The van der Waals surface area contributed by atoms with Gasteiger partial charge in [-0.1, -0.05) is 23.2 Å². The average Bonchev–Trinajstić information content (AvgIpc) is 2.62. The van der Waals surface area contributed by atoms with Crippen molar-refractivity contribution in [1.82, 2.24) is 10.3 Å². The summed E-state index contributed by atoms with van der Waals surface area (Å²) in [7, 11) is 1.30. The van der Waals surface area contributed by atoms with Crippen molar-refractivity contribution in [3.05, 3.63) is 57.8 Å². The number of esters is 1. The normalized spacial score (nSPS) is 11.5. The van der Waals surface area contributed by atoms with Gasteiger partial charge in [-0.25, -0.2) is 4.79 Å². The minimum atomic E-state index is -0.730. The zero-order chi connectivity index (χ0) is 18.4. The van der Waals surface area contributed by atoms with Crippen LogP contribution in [-0.4, -0.2) is 30.1 Å². The molecule has 6 nitrogen and oxygen atoms in total. The first-order valence-electron chi connectivity index (χ1n) is 7.33. The number of benzene rings is 1. The number of hydrogen-bond donors (Lipinski definition) is 1. The Bertz CT molecular complexity index is 766. The number of rotatable bonds is 6. The third-order valence-electron chi connectivity index (χ3n) is 3.26. The van der Waals surface area contributed by atoms with E-state index in [0.29, 0.717) is 27.1 Å². The summed E-state index contributed by atoms with van der Waals surface area (Å²) < 4.78 is 10.1. The Balaban J connectivity index is 1.88. The van der Waals surface area contributed by atoms with Crippen LogP contribution in [0.5, 0.6) is 5.75 Å². The van der Waals surface area contributed by atoms with Gasteiger partial charge in [-0.3, -0.25) is 9.78 Å². The monoisotopic (exact) mass is 382 g/mol. The van der Waals surface area contributed by atoms with Gasteiger partial charge in [0.2, 0.25) is 0 Å². The van der Waals surface area contributed by atoms with Crippen molar-refractivity contribution in [2.24, 2.45) is 0 Å². The van der Waals surface area contributed by atoms with E-state index in [9.17, 15) is 9.59 Å². The van der Waals surface area contributed by atoms with Gasteiger partial charge in [-0.15, -0.1) is 0 Å². The molecule has 2 aromatic rings. The van der Waals surface area contributed by atoms with Gasteiger partial charge in [0.15, 0.2) is 6.10 Å². The number of pyridine rings is 1. The van der Waals surface area contributed by atoms with E-state index in [1.807, 2.05) is 0 Å². The number of aromatic nitrogens is 1. The summed E-state index contributed by atoms with van der Waals surface area (Å²) in [5.41, 5.74) is 0.941. The number of hydrogen-bond acceptors (Lipinski definition) is 5. The number of halogens is 2. The molecule has 0 unspecified atom stereocenters. The van der Waals surface area contributed by atoms with Gasteiger partial charge in [0.05, 0.1) is 35.0 Å². The SMILES string of the molecule is COC(=O)c1ccc(CNC(=O)[C@H](C)Oc2ccc(Cl)c(Cl)c2)nc1. The molecule has 1 aromatic carbocycles. The van der Waals surface area contributed by atoms with Crippen molar-refractivity contribution in [2.45, 2.75) is 19.6 Å². The highest BCUT2D eigenvalue weighted by atomic mass is 35.5. The Kier molecular flexibility index (Phi) is 6.61. The molecule has 0 aliphatic rings. The van der Waals surface area contributed by atoms with Gasteiger partial charge < -0.3 is 14.8 Å². The first-order chi connectivity index (χ1) is 11.9. The molecule has 2 rings (SSSR count). The van der Waals surface area contributed by atoms with E-state index in [-0.39, 0.29) is 12.5 Å². The summed E-state index contributed by atoms with van der Waals surface area (Å²) in [4.78, 5) is 27.5. The van der Waals surface area contributed by atoms with Crippen LogP contribution in [0.25, 0.3) is 0 Å². The van der Waals surface area contributed by atoms with E-state index in [0.717, 1.165) is 0 Å². The minimum Gasteiger partial charge on any atom is -0.481 e. The van der Waals surface area contributed by atoms with Crippen molar-refractivity contribution in [2.75, 3.05) is 7.11 Å². The molecule has 0 aliphatic carbocycles. The van der Waals surface area contributed by atoms with Gasteiger partial charge in [0.1, 0.15) is 5.75 Å². The van der Waals surface area contributed by atoms with Gasteiger partial charge in [0.25, 0.3) is 5.91 Å². The molecule has 0 fully saturated rings. The summed E-state index contributed by atoms with van der Waals surface area (Å²) >= 11 is 11.7. The lowest BCUT2D eigenvalue weighted by molar-refractivity contribution is -0.127. The van der Waals surface area contributed by atoms with Crippen LogP contribution in [0.1, 0.15) is 23.0 Å². The number of carbonyl (C=O) groups is 2. The molecule has 1 aromatic heterocycles. The number of amides is 1. The Morgan fingerprint density at radius 2 is 1.96 bits per heavy atom. The first-order valence-corrected chi connectivity index (χ1v) is 8.09. The van der Waals surface area contributed by atoms with E-state index in [1.54, 1.807) is 37.3 Å². The fourth-order valence-electron chi connectivity index (χ4n) is 1.90. The predicted molar refractivity (Wildman–Crippen MR) is 94.0 cm³/mol. The van der Waals surface area contributed by atoms with Gasteiger partial charge in [-0.05, 0) is 31.2 Å². The van der Waals surface area contributed by atoms with E-state index < -0.39 is 12.1 Å². The molecular weight excluding hydrogens is 367 g/mol. The Hall–Kier alpha value is -2.31. The fraction of sp³-hybridized carbons (Fsp3) is 0.235. The molecule has 1 atom stereocenters. The Labute approximate surface area is 155 Å². The topological polar surface area (TPSA) is 77.5 Å². The lowest BCUT2D eigenvalue weighted by Gasteiger charge is -2.15. The molecule has 0 radical (unpaired) electrons. The maximum atomic E-state index is 12.1. The van der Waals surface area contributed by atoms with Crippen LogP contribution in [0.4, 0.5) is 0 Å². The highest BCUT2D eigenvalue weighted by Crippen LogP contribution is 2.26. The summed E-state index contributed by atoms with van der Waals surface area (Å²) in [5.74, 6) is -0.339. The third-order valence-corrected chi connectivity index (χ3v) is 4.00. The van der Waals surface area contributed by atoms with Crippen LogP contribution in [0.3, 0.4) is 0 Å². The summed E-state index contributed by atoms with van der Waals surface area (Å²) in [6.45, 7) is 1.82. The number of nitrogens with zero attached hydrogens (tertiary/aromatic N) is 1. The molecule has 8 heteroatoms. The van der Waals surface area contributed by atoms with Crippen molar-refractivity contribution >= 4 is 35.1 Å². The molecule has 0 bridgehead atoms. The third kappa shape index (κ3) is 5.34. The zero-order valence-corrected chi connectivity index (χ0v) is 15.1. The van der Waals surface area contributed by atoms with Gasteiger partial charge in [0, 0.05) is 12.3 Å². The van der Waals surface area contributed by atoms with Crippen LogP contribution < -0.4 is 10.1 Å². The van der Waals surface area contributed by atoms with E-state index in [2.05, 4.69) is 15.0 Å². The molecule has 1 amide bonds. The summed E-state index contributed by atoms with van der Waals surface area (Å²) in [6, 6.07) is 7.98. The molecule has 0 aliphatic heterocycles.